The minimum absolute atomic E-state index is 0.148. The molecular formula is C13H17BrFN. The van der Waals surface area contributed by atoms with E-state index in [1.165, 1.54) is 12.8 Å². The molecule has 1 aromatic carbocycles. The first-order chi connectivity index (χ1) is 7.72. The second-order valence-corrected chi connectivity index (χ2v) is 5.33. The molecule has 1 saturated carbocycles. The Hall–Kier alpha value is -0.410. The SMILES string of the molecule is CCCNCC1CC1c1ccc(Br)c(F)c1. The largest absolute Gasteiger partial charge is 0.316 e. The quantitative estimate of drug-likeness (QED) is 0.814. The summed E-state index contributed by atoms with van der Waals surface area (Å²) in [4.78, 5) is 0. The van der Waals surface area contributed by atoms with E-state index in [-0.39, 0.29) is 5.82 Å². The summed E-state index contributed by atoms with van der Waals surface area (Å²) in [6.07, 6.45) is 2.36. The second kappa shape index (κ2) is 5.28. The van der Waals surface area contributed by atoms with Crippen molar-refractivity contribution in [1.29, 1.82) is 0 Å². The van der Waals surface area contributed by atoms with Gasteiger partial charge in [0.1, 0.15) is 5.82 Å². The van der Waals surface area contributed by atoms with Gasteiger partial charge in [0.05, 0.1) is 4.47 Å². The van der Waals surface area contributed by atoms with Gasteiger partial charge in [-0.05, 0) is 71.4 Å². The molecule has 0 saturated heterocycles. The van der Waals surface area contributed by atoms with Gasteiger partial charge in [-0.2, -0.15) is 0 Å². The molecule has 0 spiro atoms. The van der Waals surface area contributed by atoms with Crippen molar-refractivity contribution in [3.63, 3.8) is 0 Å². The van der Waals surface area contributed by atoms with Crippen molar-refractivity contribution >= 4 is 15.9 Å². The Kier molecular flexibility index (Phi) is 3.98. The molecule has 1 fully saturated rings. The molecule has 0 bridgehead atoms. The zero-order valence-electron chi connectivity index (χ0n) is 9.47. The fraction of sp³-hybridized carbons (Fsp3) is 0.538. The highest BCUT2D eigenvalue weighted by Gasteiger charge is 2.37. The summed E-state index contributed by atoms with van der Waals surface area (Å²) in [6, 6.07) is 5.49. The second-order valence-electron chi connectivity index (χ2n) is 4.48. The third-order valence-electron chi connectivity index (χ3n) is 3.13. The van der Waals surface area contributed by atoms with Crippen molar-refractivity contribution in [2.45, 2.75) is 25.7 Å². The van der Waals surface area contributed by atoms with Crippen LogP contribution in [-0.4, -0.2) is 13.1 Å². The normalized spacial score (nSPS) is 23.4. The smallest absolute Gasteiger partial charge is 0.137 e. The minimum atomic E-state index is -0.148. The van der Waals surface area contributed by atoms with Crippen LogP contribution in [0.4, 0.5) is 4.39 Å². The fourth-order valence-electron chi connectivity index (χ4n) is 2.09. The van der Waals surface area contributed by atoms with Crippen molar-refractivity contribution in [3.8, 4) is 0 Å². The minimum Gasteiger partial charge on any atom is -0.316 e. The molecule has 1 N–H and O–H groups in total. The van der Waals surface area contributed by atoms with E-state index >= 15 is 0 Å². The van der Waals surface area contributed by atoms with Crippen LogP contribution in [-0.2, 0) is 0 Å². The molecule has 2 unspecified atom stereocenters. The lowest BCUT2D eigenvalue weighted by molar-refractivity contribution is 0.610. The van der Waals surface area contributed by atoms with Gasteiger partial charge < -0.3 is 5.32 Å². The van der Waals surface area contributed by atoms with Crippen LogP contribution in [0.25, 0.3) is 0 Å². The van der Waals surface area contributed by atoms with Gasteiger partial charge in [0.15, 0.2) is 0 Å². The Morgan fingerprint density at radius 2 is 2.31 bits per heavy atom. The lowest BCUT2D eigenvalue weighted by Crippen LogP contribution is -2.17. The lowest BCUT2D eigenvalue weighted by atomic mass is 10.1. The van der Waals surface area contributed by atoms with Crippen LogP contribution >= 0.6 is 15.9 Å². The van der Waals surface area contributed by atoms with E-state index in [9.17, 15) is 4.39 Å². The Morgan fingerprint density at radius 3 is 3.00 bits per heavy atom. The van der Waals surface area contributed by atoms with E-state index in [2.05, 4.69) is 28.2 Å². The highest BCUT2D eigenvalue weighted by atomic mass is 79.9. The third kappa shape index (κ3) is 2.83. The van der Waals surface area contributed by atoms with E-state index in [0.717, 1.165) is 18.7 Å². The number of nitrogens with one attached hydrogen (secondary N) is 1. The van der Waals surface area contributed by atoms with E-state index in [1.54, 1.807) is 12.1 Å². The number of rotatable bonds is 5. The molecule has 2 atom stereocenters. The summed E-state index contributed by atoms with van der Waals surface area (Å²) in [6.45, 7) is 4.32. The first-order valence-corrected chi connectivity index (χ1v) is 6.67. The molecule has 0 aliphatic heterocycles. The summed E-state index contributed by atoms with van der Waals surface area (Å²) < 4.78 is 13.9. The van der Waals surface area contributed by atoms with E-state index in [0.29, 0.717) is 16.3 Å². The molecular weight excluding hydrogens is 269 g/mol. The van der Waals surface area contributed by atoms with Crippen LogP contribution < -0.4 is 5.32 Å². The number of hydrogen-bond acceptors (Lipinski definition) is 1. The average Bonchev–Trinajstić information content (AvgIpc) is 3.02. The van der Waals surface area contributed by atoms with E-state index < -0.39 is 0 Å². The maximum Gasteiger partial charge on any atom is 0.137 e. The molecule has 2 rings (SSSR count). The average molecular weight is 286 g/mol. The van der Waals surface area contributed by atoms with Crippen LogP contribution in [0.5, 0.6) is 0 Å². The number of halogens is 2. The summed E-state index contributed by atoms with van der Waals surface area (Å²) in [7, 11) is 0. The summed E-state index contributed by atoms with van der Waals surface area (Å²) in [5, 5.41) is 3.42. The molecule has 1 aliphatic carbocycles. The number of benzene rings is 1. The Morgan fingerprint density at radius 1 is 1.50 bits per heavy atom. The zero-order chi connectivity index (χ0) is 11.5. The Labute approximate surface area is 105 Å². The van der Waals surface area contributed by atoms with Gasteiger partial charge >= 0.3 is 0 Å². The lowest BCUT2D eigenvalue weighted by Gasteiger charge is -2.03. The summed E-state index contributed by atoms with van der Waals surface area (Å²) >= 11 is 3.18. The Balaban J connectivity index is 1.88. The summed E-state index contributed by atoms with van der Waals surface area (Å²) in [5.41, 5.74) is 1.14. The van der Waals surface area contributed by atoms with Crippen molar-refractivity contribution < 1.29 is 4.39 Å². The van der Waals surface area contributed by atoms with Crippen LogP contribution in [0.15, 0.2) is 22.7 Å². The van der Waals surface area contributed by atoms with Gasteiger partial charge in [0.2, 0.25) is 0 Å². The molecule has 0 amide bonds. The fourth-order valence-corrected chi connectivity index (χ4v) is 2.34. The van der Waals surface area contributed by atoms with Crippen LogP contribution in [0.1, 0.15) is 31.2 Å². The van der Waals surface area contributed by atoms with Gasteiger partial charge in [0.25, 0.3) is 0 Å². The molecule has 3 heteroatoms. The van der Waals surface area contributed by atoms with E-state index in [4.69, 9.17) is 0 Å². The molecule has 1 nitrogen and oxygen atoms in total. The predicted molar refractivity (Wildman–Crippen MR) is 68.1 cm³/mol. The molecule has 0 radical (unpaired) electrons. The maximum absolute atomic E-state index is 13.3. The van der Waals surface area contributed by atoms with Crippen LogP contribution in [0.2, 0.25) is 0 Å². The van der Waals surface area contributed by atoms with Crippen molar-refractivity contribution in [3.05, 3.63) is 34.1 Å². The van der Waals surface area contributed by atoms with Gasteiger partial charge in [-0.25, -0.2) is 4.39 Å². The third-order valence-corrected chi connectivity index (χ3v) is 3.77. The first-order valence-electron chi connectivity index (χ1n) is 5.88. The van der Waals surface area contributed by atoms with Crippen molar-refractivity contribution in [2.75, 3.05) is 13.1 Å². The molecule has 1 aromatic rings. The zero-order valence-corrected chi connectivity index (χ0v) is 11.1. The van der Waals surface area contributed by atoms with Gasteiger partial charge in [-0.3, -0.25) is 0 Å². The highest BCUT2D eigenvalue weighted by Crippen LogP contribution is 2.47. The van der Waals surface area contributed by atoms with E-state index in [1.807, 2.05) is 6.07 Å². The summed E-state index contributed by atoms with van der Waals surface area (Å²) in [5.74, 6) is 1.11. The predicted octanol–water partition coefficient (Wildman–Crippen LogP) is 3.69. The highest BCUT2D eigenvalue weighted by molar-refractivity contribution is 9.10. The molecule has 0 heterocycles. The Bertz CT molecular complexity index is 367. The topological polar surface area (TPSA) is 12.0 Å². The molecule has 88 valence electrons. The van der Waals surface area contributed by atoms with Crippen LogP contribution in [0, 0.1) is 11.7 Å². The monoisotopic (exact) mass is 285 g/mol. The molecule has 1 aliphatic rings. The first kappa shape index (κ1) is 12.1. The van der Waals surface area contributed by atoms with Gasteiger partial charge in [0, 0.05) is 0 Å². The van der Waals surface area contributed by atoms with Crippen LogP contribution in [0.3, 0.4) is 0 Å². The maximum atomic E-state index is 13.3. The van der Waals surface area contributed by atoms with Crippen molar-refractivity contribution in [2.24, 2.45) is 5.92 Å². The van der Waals surface area contributed by atoms with Gasteiger partial charge in [-0.15, -0.1) is 0 Å². The molecule has 16 heavy (non-hydrogen) atoms. The van der Waals surface area contributed by atoms with Gasteiger partial charge in [-0.1, -0.05) is 13.0 Å². The molecule has 0 aromatic heterocycles. The standard InChI is InChI=1S/C13H17BrFN/c1-2-5-16-8-10-6-11(10)9-3-4-12(14)13(15)7-9/h3-4,7,10-11,16H,2,5-6,8H2,1H3. The van der Waals surface area contributed by atoms with Crippen molar-refractivity contribution in [1.82, 2.24) is 5.32 Å². The number of hydrogen-bond donors (Lipinski definition) is 1.